The molecule has 3 aromatic rings. The third-order valence-electron chi connectivity index (χ3n) is 5.66. The van der Waals surface area contributed by atoms with Gasteiger partial charge in [-0.05, 0) is 55.0 Å². The summed E-state index contributed by atoms with van der Waals surface area (Å²) in [4.78, 5) is 29.8. The summed E-state index contributed by atoms with van der Waals surface area (Å²) >= 11 is 12.1. The molecule has 1 atom stereocenters. The van der Waals surface area contributed by atoms with E-state index < -0.39 is 6.04 Å². The highest BCUT2D eigenvalue weighted by atomic mass is 35.5. The molecule has 1 aliphatic rings. The van der Waals surface area contributed by atoms with Crippen LogP contribution in [0, 0.1) is 6.92 Å². The molecule has 1 N–H and O–H groups in total. The predicted molar refractivity (Wildman–Crippen MR) is 138 cm³/mol. The van der Waals surface area contributed by atoms with Crippen LogP contribution in [0.5, 0.6) is 5.75 Å². The van der Waals surface area contributed by atoms with E-state index in [1.165, 1.54) is 12.0 Å². The highest BCUT2D eigenvalue weighted by Crippen LogP contribution is 2.35. The van der Waals surface area contributed by atoms with Gasteiger partial charge < -0.3 is 15.0 Å². The standard InChI is InChI=1S/C26H24ClN3O3S/c1-17-11-13-19(14-12-17)28-24(31)15-22-25(32)30(21-9-5-6-10-23(21)33-2)26(34)29(22)16-18-7-3-4-8-20(18)27/h3-14,22H,15-16H2,1-2H3,(H,28,31). The zero-order valence-electron chi connectivity index (χ0n) is 18.8. The van der Waals surface area contributed by atoms with Gasteiger partial charge in [0, 0.05) is 17.3 Å². The quantitative estimate of drug-likeness (QED) is 0.459. The van der Waals surface area contributed by atoms with Gasteiger partial charge in [0.25, 0.3) is 5.91 Å². The molecule has 6 nitrogen and oxygen atoms in total. The zero-order valence-corrected chi connectivity index (χ0v) is 20.4. The fraction of sp³-hybridized carbons (Fsp3) is 0.192. The molecule has 1 fully saturated rings. The van der Waals surface area contributed by atoms with Crippen molar-refractivity contribution in [1.82, 2.24) is 4.90 Å². The zero-order chi connectivity index (χ0) is 24.2. The lowest BCUT2D eigenvalue weighted by atomic mass is 10.1. The summed E-state index contributed by atoms with van der Waals surface area (Å²) in [5.74, 6) is -0.0581. The first-order valence-corrected chi connectivity index (χ1v) is 11.5. The van der Waals surface area contributed by atoms with Crippen molar-refractivity contribution in [2.24, 2.45) is 0 Å². The number of rotatable bonds is 7. The second kappa shape index (κ2) is 10.2. The van der Waals surface area contributed by atoms with Crippen LogP contribution >= 0.6 is 23.8 Å². The SMILES string of the molecule is COc1ccccc1N1C(=O)C(CC(=O)Nc2ccc(C)cc2)N(Cc2ccccc2Cl)C1=S. The fourth-order valence-corrected chi connectivity index (χ4v) is 4.46. The number of hydrogen-bond acceptors (Lipinski definition) is 4. The van der Waals surface area contributed by atoms with E-state index in [2.05, 4.69) is 5.32 Å². The molecule has 34 heavy (non-hydrogen) atoms. The van der Waals surface area contributed by atoms with E-state index in [0.717, 1.165) is 11.1 Å². The van der Waals surface area contributed by atoms with Gasteiger partial charge >= 0.3 is 0 Å². The Morgan fingerprint density at radius 3 is 2.44 bits per heavy atom. The second-order valence-corrected chi connectivity index (χ2v) is 8.75. The number of ether oxygens (including phenoxy) is 1. The first kappa shape index (κ1) is 23.7. The minimum absolute atomic E-state index is 0.0665. The molecule has 0 aromatic heterocycles. The summed E-state index contributed by atoms with van der Waals surface area (Å²) in [7, 11) is 1.54. The van der Waals surface area contributed by atoms with Crippen molar-refractivity contribution < 1.29 is 14.3 Å². The van der Waals surface area contributed by atoms with Crippen LogP contribution in [0.3, 0.4) is 0 Å². The van der Waals surface area contributed by atoms with Gasteiger partial charge in [0.05, 0.1) is 19.2 Å². The van der Waals surface area contributed by atoms with Gasteiger partial charge in [-0.15, -0.1) is 0 Å². The van der Waals surface area contributed by atoms with Crippen molar-refractivity contribution in [1.29, 1.82) is 0 Å². The monoisotopic (exact) mass is 493 g/mol. The number of para-hydroxylation sites is 2. The molecule has 174 valence electrons. The number of thiocarbonyl (C=S) groups is 1. The topological polar surface area (TPSA) is 61.9 Å². The summed E-state index contributed by atoms with van der Waals surface area (Å²) in [5, 5.41) is 3.73. The minimum atomic E-state index is -0.792. The number of nitrogens with one attached hydrogen (secondary N) is 1. The summed E-state index contributed by atoms with van der Waals surface area (Å²) in [6.45, 7) is 2.27. The molecule has 0 aliphatic carbocycles. The minimum Gasteiger partial charge on any atom is -0.495 e. The average molecular weight is 494 g/mol. The number of hydrogen-bond donors (Lipinski definition) is 1. The number of carbonyl (C=O) groups is 2. The van der Waals surface area contributed by atoms with Crippen LogP contribution in [0.15, 0.2) is 72.8 Å². The van der Waals surface area contributed by atoms with E-state index in [4.69, 9.17) is 28.6 Å². The molecule has 1 saturated heterocycles. The molecular weight excluding hydrogens is 470 g/mol. The lowest BCUT2D eigenvalue weighted by Gasteiger charge is -2.24. The molecule has 0 spiro atoms. The Morgan fingerprint density at radius 1 is 1.06 bits per heavy atom. The van der Waals surface area contributed by atoms with Crippen LogP contribution in [0.25, 0.3) is 0 Å². The summed E-state index contributed by atoms with van der Waals surface area (Å²) < 4.78 is 5.46. The van der Waals surface area contributed by atoms with Gasteiger partial charge in [-0.1, -0.05) is 59.6 Å². The maximum Gasteiger partial charge on any atom is 0.256 e. The van der Waals surface area contributed by atoms with E-state index in [-0.39, 0.29) is 18.2 Å². The number of nitrogens with zero attached hydrogens (tertiary/aromatic N) is 2. The van der Waals surface area contributed by atoms with Crippen LogP contribution in [-0.2, 0) is 16.1 Å². The molecule has 8 heteroatoms. The van der Waals surface area contributed by atoms with Crippen LogP contribution in [0.4, 0.5) is 11.4 Å². The second-order valence-electron chi connectivity index (χ2n) is 7.98. The molecule has 3 aromatic carbocycles. The summed E-state index contributed by atoms with van der Waals surface area (Å²) in [6, 6.07) is 21.2. The van der Waals surface area contributed by atoms with Crippen LogP contribution in [-0.4, -0.2) is 35.0 Å². The largest absolute Gasteiger partial charge is 0.495 e. The molecule has 1 heterocycles. The summed E-state index contributed by atoms with van der Waals surface area (Å²) in [6.07, 6.45) is -0.0665. The average Bonchev–Trinajstić information content (AvgIpc) is 3.05. The van der Waals surface area contributed by atoms with Crippen LogP contribution in [0.2, 0.25) is 5.02 Å². The lowest BCUT2D eigenvalue weighted by molar-refractivity contribution is -0.124. The Morgan fingerprint density at radius 2 is 1.74 bits per heavy atom. The maximum absolute atomic E-state index is 13.6. The highest BCUT2D eigenvalue weighted by Gasteiger charge is 2.45. The molecule has 2 amide bonds. The number of halogens is 1. The molecule has 1 unspecified atom stereocenters. The van der Waals surface area contributed by atoms with Crippen molar-refractivity contribution >= 4 is 52.1 Å². The number of methoxy groups -OCH3 is 1. The van der Waals surface area contributed by atoms with Crippen molar-refractivity contribution in [3.05, 3.63) is 88.9 Å². The molecular formula is C26H24ClN3O3S. The molecule has 0 bridgehead atoms. The Bertz CT molecular complexity index is 1230. The van der Waals surface area contributed by atoms with Crippen LogP contribution in [0.1, 0.15) is 17.5 Å². The first-order valence-electron chi connectivity index (χ1n) is 10.8. The Hall–Kier alpha value is -3.42. The first-order chi connectivity index (χ1) is 16.4. The molecule has 0 radical (unpaired) electrons. The lowest BCUT2D eigenvalue weighted by Crippen LogP contribution is -2.37. The van der Waals surface area contributed by atoms with Crippen molar-refractivity contribution in [2.45, 2.75) is 25.9 Å². The molecule has 4 rings (SSSR count). The van der Waals surface area contributed by atoms with E-state index in [1.807, 2.05) is 61.5 Å². The number of benzene rings is 3. The maximum atomic E-state index is 13.6. The van der Waals surface area contributed by atoms with Crippen molar-refractivity contribution in [2.75, 3.05) is 17.3 Å². The smallest absolute Gasteiger partial charge is 0.256 e. The van der Waals surface area contributed by atoms with Gasteiger partial charge in [0.15, 0.2) is 5.11 Å². The van der Waals surface area contributed by atoms with Crippen molar-refractivity contribution in [3.63, 3.8) is 0 Å². The van der Waals surface area contributed by atoms with E-state index in [9.17, 15) is 9.59 Å². The van der Waals surface area contributed by atoms with E-state index in [0.29, 0.717) is 33.8 Å². The van der Waals surface area contributed by atoms with Crippen molar-refractivity contribution in [3.8, 4) is 5.75 Å². The number of aryl methyl sites for hydroxylation is 1. The van der Waals surface area contributed by atoms with E-state index in [1.54, 1.807) is 23.1 Å². The Labute approximate surface area is 209 Å². The fourth-order valence-electron chi connectivity index (χ4n) is 3.88. The third-order valence-corrected chi connectivity index (χ3v) is 6.44. The van der Waals surface area contributed by atoms with Gasteiger partial charge in [-0.3, -0.25) is 14.5 Å². The Kier molecular flexibility index (Phi) is 7.14. The third kappa shape index (κ3) is 4.90. The van der Waals surface area contributed by atoms with Crippen LogP contribution < -0.4 is 15.0 Å². The Balaban J connectivity index is 1.64. The van der Waals surface area contributed by atoms with Gasteiger partial charge in [0.1, 0.15) is 11.8 Å². The van der Waals surface area contributed by atoms with E-state index >= 15 is 0 Å². The molecule has 1 aliphatic heterocycles. The number of anilines is 2. The number of amides is 2. The summed E-state index contributed by atoms with van der Waals surface area (Å²) in [5.41, 5.74) is 3.10. The van der Waals surface area contributed by atoms with Gasteiger partial charge in [0.2, 0.25) is 5.91 Å². The van der Waals surface area contributed by atoms with Gasteiger partial charge in [-0.2, -0.15) is 0 Å². The molecule has 0 saturated carbocycles. The highest BCUT2D eigenvalue weighted by molar-refractivity contribution is 7.80. The number of carbonyl (C=O) groups excluding carboxylic acids is 2. The van der Waals surface area contributed by atoms with Gasteiger partial charge in [-0.25, -0.2) is 0 Å². The predicted octanol–water partition coefficient (Wildman–Crippen LogP) is 5.19. The normalized spacial score (nSPS) is 15.6.